The van der Waals surface area contributed by atoms with E-state index in [9.17, 15) is 4.79 Å². The van der Waals surface area contributed by atoms with Crippen LogP contribution in [0.15, 0.2) is 11.7 Å². The van der Waals surface area contributed by atoms with Crippen molar-refractivity contribution in [2.24, 2.45) is 0 Å². The maximum absolute atomic E-state index is 9.93. The second-order valence-corrected chi connectivity index (χ2v) is 4.05. The molecule has 1 saturated heterocycles. The van der Waals surface area contributed by atoms with Crippen LogP contribution in [0.5, 0.6) is 0 Å². The second-order valence-electron chi connectivity index (χ2n) is 2.96. The largest absolute Gasteiger partial charge is 0.345 e. The van der Waals surface area contributed by atoms with Crippen molar-refractivity contribution in [3.8, 4) is 0 Å². The Morgan fingerprint density at radius 1 is 1.54 bits per heavy atom. The Hall–Kier alpha value is -0.900. The van der Waals surface area contributed by atoms with Gasteiger partial charge in [0.05, 0.1) is 5.51 Å². The number of aryl methyl sites for hydroxylation is 1. The van der Waals surface area contributed by atoms with Crippen molar-refractivity contribution in [1.82, 2.24) is 9.88 Å². The first-order valence-electron chi connectivity index (χ1n) is 4.37. The first kappa shape index (κ1) is 10.2. The molecule has 0 aromatic carbocycles. The highest BCUT2D eigenvalue weighted by Gasteiger charge is 2.06. The predicted octanol–water partition coefficient (Wildman–Crippen LogP) is 1.69. The van der Waals surface area contributed by atoms with E-state index >= 15 is 0 Å². The molecule has 4 heteroatoms. The van der Waals surface area contributed by atoms with Gasteiger partial charge in [0.25, 0.3) is 0 Å². The van der Waals surface area contributed by atoms with Gasteiger partial charge in [-0.25, -0.2) is 0 Å². The number of hydrogen-bond acceptors (Lipinski definition) is 3. The van der Waals surface area contributed by atoms with E-state index in [4.69, 9.17) is 0 Å². The molecular formula is C9H14N2OS. The van der Waals surface area contributed by atoms with Crippen LogP contribution in [0.2, 0.25) is 0 Å². The summed E-state index contributed by atoms with van der Waals surface area (Å²) in [5.74, 6) is 0. The number of rotatable bonds is 1. The Morgan fingerprint density at radius 3 is 2.46 bits per heavy atom. The van der Waals surface area contributed by atoms with E-state index < -0.39 is 0 Å². The standard InChI is InChI=1S/C5H9NO.C4H5NS/c7-5-6-3-1-2-4-6;1-4-2-5-3-6-4/h5H,1-4H2;2-3H,1H3. The minimum absolute atomic E-state index is 0.924. The van der Waals surface area contributed by atoms with E-state index in [1.807, 2.05) is 18.6 Å². The summed E-state index contributed by atoms with van der Waals surface area (Å²) in [6.45, 7) is 3.99. The van der Waals surface area contributed by atoms with Crippen LogP contribution in [0, 0.1) is 6.92 Å². The molecule has 13 heavy (non-hydrogen) atoms. The van der Waals surface area contributed by atoms with E-state index in [0.717, 1.165) is 19.5 Å². The van der Waals surface area contributed by atoms with Crippen LogP contribution >= 0.6 is 11.3 Å². The fourth-order valence-electron chi connectivity index (χ4n) is 1.13. The molecule has 1 aliphatic heterocycles. The van der Waals surface area contributed by atoms with Gasteiger partial charge in [-0.2, -0.15) is 0 Å². The van der Waals surface area contributed by atoms with Crippen LogP contribution in [-0.2, 0) is 4.79 Å². The average Bonchev–Trinajstić information content (AvgIpc) is 2.76. The SMILES string of the molecule is Cc1cncs1.O=CN1CCCC1. The highest BCUT2D eigenvalue weighted by atomic mass is 32.1. The molecule has 72 valence electrons. The quantitative estimate of drug-likeness (QED) is 0.643. The molecule has 2 heterocycles. The topological polar surface area (TPSA) is 33.2 Å². The van der Waals surface area contributed by atoms with Gasteiger partial charge in [-0.1, -0.05) is 0 Å². The Morgan fingerprint density at radius 2 is 2.23 bits per heavy atom. The third kappa shape index (κ3) is 4.03. The van der Waals surface area contributed by atoms with Crippen LogP contribution in [0.4, 0.5) is 0 Å². The van der Waals surface area contributed by atoms with Crippen molar-refractivity contribution in [2.45, 2.75) is 19.8 Å². The molecule has 0 bridgehead atoms. The number of carbonyl (C=O) groups is 1. The van der Waals surface area contributed by atoms with Crippen LogP contribution in [0.1, 0.15) is 17.7 Å². The average molecular weight is 198 g/mol. The summed E-state index contributed by atoms with van der Waals surface area (Å²) in [4.78, 5) is 16.9. The van der Waals surface area contributed by atoms with Gasteiger partial charge in [0.2, 0.25) is 6.41 Å². The zero-order chi connectivity index (χ0) is 9.52. The van der Waals surface area contributed by atoms with Gasteiger partial charge in [-0.15, -0.1) is 11.3 Å². The predicted molar refractivity (Wildman–Crippen MR) is 53.7 cm³/mol. The molecule has 0 aliphatic carbocycles. The first-order chi connectivity index (χ1) is 6.33. The Labute approximate surface area is 82.4 Å². The minimum Gasteiger partial charge on any atom is -0.345 e. The van der Waals surface area contributed by atoms with Gasteiger partial charge in [0.15, 0.2) is 0 Å². The molecule has 0 radical (unpaired) electrons. The highest BCUT2D eigenvalue weighted by Crippen LogP contribution is 2.02. The Kier molecular flexibility index (Phi) is 4.46. The summed E-state index contributed by atoms with van der Waals surface area (Å²) >= 11 is 1.67. The summed E-state index contributed by atoms with van der Waals surface area (Å²) in [6, 6.07) is 0. The minimum atomic E-state index is 0.924. The molecule has 1 aliphatic rings. The van der Waals surface area contributed by atoms with Gasteiger partial charge >= 0.3 is 0 Å². The van der Waals surface area contributed by atoms with Crippen LogP contribution in [0.3, 0.4) is 0 Å². The molecule has 0 atom stereocenters. The summed E-state index contributed by atoms with van der Waals surface area (Å²) in [5.41, 5.74) is 1.83. The van der Waals surface area contributed by atoms with E-state index in [0.29, 0.717) is 0 Å². The Bertz CT molecular complexity index is 230. The third-order valence-corrected chi connectivity index (χ3v) is 2.55. The van der Waals surface area contributed by atoms with Crippen molar-refractivity contribution in [2.75, 3.05) is 13.1 Å². The molecule has 0 spiro atoms. The van der Waals surface area contributed by atoms with E-state index in [1.54, 1.807) is 16.2 Å². The van der Waals surface area contributed by atoms with Gasteiger partial charge < -0.3 is 4.90 Å². The summed E-state index contributed by atoms with van der Waals surface area (Å²) in [7, 11) is 0. The van der Waals surface area contributed by atoms with Crippen LogP contribution in [0.25, 0.3) is 0 Å². The van der Waals surface area contributed by atoms with Crippen molar-refractivity contribution in [1.29, 1.82) is 0 Å². The summed E-state index contributed by atoms with van der Waals surface area (Å²) < 4.78 is 0. The molecule has 2 rings (SSSR count). The monoisotopic (exact) mass is 198 g/mol. The van der Waals surface area contributed by atoms with Crippen molar-refractivity contribution in [3.05, 3.63) is 16.6 Å². The van der Waals surface area contributed by atoms with Gasteiger partial charge in [0.1, 0.15) is 0 Å². The second kappa shape index (κ2) is 5.70. The number of aromatic nitrogens is 1. The molecular weight excluding hydrogens is 184 g/mol. The van der Waals surface area contributed by atoms with Crippen molar-refractivity contribution in [3.63, 3.8) is 0 Å². The number of carbonyl (C=O) groups excluding carboxylic acids is 1. The molecule has 1 aromatic rings. The fraction of sp³-hybridized carbons (Fsp3) is 0.556. The molecule has 0 unspecified atom stereocenters. The zero-order valence-corrected chi connectivity index (χ0v) is 8.59. The van der Waals surface area contributed by atoms with E-state index in [-0.39, 0.29) is 0 Å². The highest BCUT2D eigenvalue weighted by molar-refractivity contribution is 7.09. The Balaban J connectivity index is 0.000000132. The third-order valence-electron chi connectivity index (χ3n) is 1.85. The fourth-order valence-corrected chi connectivity index (χ4v) is 1.54. The van der Waals surface area contributed by atoms with E-state index in [2.05, 4.69) is 4.98 Å². The lowest BCUT2D eigenvalue weighted by Crippen LogP contribution is -2.15. The van der Waals surface area contributed by atoms with Gasteiger partial charge in [-0.3, -0.25) is 9.78 Å². The number of thiazole rings is 1. The van der Waals surface area contributed by atoms with Gasteiger partial charge in [-0.05, 0) is 19.8 Å². The number of hydrogen-bond donors (Lipinski definition) is 0. The zero-order valence-electron chi connectivity index (χ0n) is 7.77. The molecule has 1 amide bonds. The molecule has 0 saturated carbocycles. The smallest absolute Gasteiger partial charge is 0.209 e. The van der Waals surface area contributed by atoms with Crippen LogP contribution < -0.4 is 0 Å². The number of amides is 1. The summed E-state index contributed by atoms with van der Waals surface area (Å²) in [5, 5.41) is 0. The number of likely N-dealkylation sites (tertiary alicyclic amines) is 1. The van der Waals surface area contributed by atoms with Crippen LogP contribution in [-0.4, -0.2) is 29.4 Å². The lowest BCUT2D eigenvalue weighted by Gasteiger charge is -2.03. The molecule has 1 aromatic heterocycles. The summed E-state index contributed by atoms with van der Waals surface area (Å²) in [6.07, 6.45) is 5.16. The molecule has 0 N–H and O–H groups in total. The van der Waals surface area contributed by atoms with Gasteiger partial charge in [0, 0.05) is 24.2 Å². The number of nitrogens with zero attached hydrogens (tertiary/aromatic N) is 2. The molecule has 3 nitrogen and oxygen atoms in total. The lowest BCUT2D eigenvalue weighted by molar-refractivity contribution is -0.117. The normalized spacial score (nSPS) is 15.0. The van der Waals surface area contributed by atoms with Crippen molar-refractivity contribution < 1.29 is 4.79 Å². The maximum Gasteiger partial charge on any atom is 0.209 e. The van der Waals surface area contributed by atoms with E-state index in [1.165, 1.54) is 17.7 Å². The van der Waals surface area contributed by atoms with Crippen molar-refractivity contribution >= 4 is 17.7 Å². The molecule has 1 fully saturated rings. The first-order valence-corrected chi connectivity index (χ1v) is 5.25. The maximum atomic E-state index is 9.93. The lowest BCUT2D eigenvalue weighted by atomic mass is 10.4.